The molecule has 0 amide bonds. The van der Waals surface area contributed by atoms with Crippen LogP contribution >= 0.6 is 11.6 Å². The fourth-order valence-electron chi connectivity index (χ4n) is 2.61. The molecule has 0 unspecified atom stereocenters. The molecule has 0 fully saturated rings. The van der Waals surface area contributed by atoms with Crippen LogP contribution in [0.25, 0.3) is 10.9 Å². The molecule has 2 heterocycles. The summed E-state index contributed by atoms with van der Waals surface area (Å²) >= 11 is 5.97. The fraction of sp³-hybridized carbons (Fsp3) is 0.294. The van der Waals surface area contributed by atoms with Gasteiger partial charge in [-0.15, -0.1) is 0 Å². The Bertz CT molecular complexity index is 884. The van der Waals surface area contributed by atoms with Crippen LogP contribution in [0.2, 0.25) is 5.02 Å². The third kappa shape index (κ3) is 3.46. The Labute approximate surface area is 139 Å². The van der Waals surface area contributed by atoms with E-state index in [2.05, 4.69) is 21.8 Å². The summed E-state index contributed by atoms with van der Waals surface area (Å²) in [7, 11) is 1.97. The van der Waals surface area contributed by atoms with E-state index in [-0.39, 0.29) is 5.56 Å². The van der Waals surface area contributed by atoms with Crippen LogP contribution in [0.15, 0.2) is 41.5 Å². The second-order valence-corrected chi connectivity index (χ2v) is 6.05. The molecular formula is C17H19ClN4O. The van der Waals surface area contributed by atoms with Gasteiger partial charge in [0.1, 0.15) is 5.82 Å². The molecule has 2 aromatic heterocycles. The van der Waals surface area contributed by atoms with Crippen molar-refractivity contribution >= 4 is 22.5 Å². The Hall–Kier alpha value is -2.11. The van der Waals surface area contributed by atoms with E-state index in [1.54, 1.807) is 12.3 Å². The number of H-pyrrole nitrogens is 1. The van der Waals surface area contributed by atoms with Gasteiger partial charge in [0.15, 0.2) is 0 Å². The van der Waals surface area contributed by atoms with Crippen LogP contribution < -0.4 is 5.56 Å². The number of aromatic amines is 1. The zero-order valence-electron chi connectivity index (χ0n) is 13.2. The largest absolute Gasteiger partial charge is 0.337 e. The first-order chi connectivity index (χ1) is 11.1. The average molecular weight is 331 g/mol. The molecule has 3 aromatic rings. The van der Waals surface area contributed by atoms with E-state index < -0.39 is 0 Å². The third-order valence-corrected chi connectivity index (χ3v) is 4.25. The predicted octanol–water partition coefficient (Wildman–Crippen LogP) is 2.94. The Balaban J connectivity index is 1.87. The molecule has 0 aliphatic carbocycles. The monoisotopic (exact) mass is 330 g/mol. The molecule has 0 spiro atoms. The van der Waals surface area contributed by atoms with Gasteiger partial charge >= 0.3 is 0 Å². The molecule has 5 nitrogen and oxygen atoms in total. The highest BCUT2D eigenvalue weighted by atomic mass is 35.5. The lowest BCUT2D eigenvalue weighted by molar-refractivity contribution is 0.261. The molecule has 120 valence electrons. The van der Waals surface area contributed by atoms with Crippen molar-refractivity contribution in [3.63, 3.8) is 0 Å². The number of nitrogens with one attached hydrogen (secondary N) is 1. The Kier molecular flexibility index (Phi) is 4.50. The molecule has 0 atom stereocenters. The fourth-order valence-corrected chi connectivity index (χ4v) is 2.78. The van der Waals surface area contributed by atoms with Gasteiger partial charge in [-0.05, 0) is 30.1 Å². The van der Waals surface area contributed by atoms with Crippen LogP contribution in [0, 0.1) is 0 Å². The second-order valence-electron chi connectivity index (χ2n) is 5.61. The lowest BCUT2D eigenvalue weighted by Gasteiger charge is -2.20. The number of aromatic nitrogens is 3. The Morgan fingerprint density at radius 1 is 1.30 bits per heavy atom. The predicted molar refractivity (Wildman–Crippen MR) is 92.6 cm³/mol. The SMILES string of the molecule is CCN(Cc1cc2ccc(Cl)cc2[nH]c1=O)Cc1nccn1C. The van der Waals surface area contributed by atoms with Crippen LogP contribution in [0.1, 0.15) is 18.3 Å². The summed E-state index contributed by atoms with van der Waals surface area (Å²) in [5.74, 6) is 0.982. The standard InChI is InChI=1S/C17H19ClN4O/c1-3-22(11-16-19-6-7-21(16)2)10-13-8-12-4-5-14(18)9-15(12)20-17(13)23/h4-9H,3,10-11H2,1-2H3,(H,20,23). The number of aryl methyl sites for hydroxylation is 1. The smallest absolute Gasteiger partial charge is 0.252 e. The van der Waals surface area contributed by atoms with Crippen LogP contribution in [-0.2, 0) is 20.1 Å². The molecule has 0 saturated carbocycles. The summed E-state index contributed by atoms with van der Waals surface area (Å²) in [6.07, 6.45) is 3.71. The molecule has 3 rings (SSSR count). The van der Waals surface area contributed by atoms with Gasteiger partial charge in [0.2, 0.25) is 0 Å². The number of benzene rings is 1. The summed E-state index contributed by atoms with van der Waals surface area (Å²) in [6.45, 7) is 4.21. The maximum atomic E-state index is 12.3. The van der Waals surface area contributed by atoms with Crippen LogP contribution in [-0.4, -0.2) is 26.0 Å². The van der Waals surface area contributed by atoms with Crippen molar-refractivity contribution < 1.29 is 0 Å². The molecule has 1 aromatic carbocycles. The maximum Gasteiger partial charge on any atom is 0.252 e. The third-order valence-electron chi connectivity index (χ3n) is 4.01. The minimum Gasteiger partial charge on any atom is -0.337 e. The van der Waals surface area contributed by atoms with E-state index in [9.17, 15) is 4.79 Å². The van der Waals surface area contributed by atoms with Crippen LogP contribution in [0.3, 0.4) is 0 Å². The molecule has 0 aliphatic rings. The van der Waals surface area contributed by atoms with Gasteiger partial charge in [-0.1, -0.05) is 24.6 Å². The lowest BCUT2D eigenvalue weighted by Crippen LogP contribution is -2.27. The zero-order valence-corrected chi connectivity index (χ0v) is 14.0. The number of pyridine rings is 1. The molecule has 6 heteroatoms. The summed E-state index contributed by atoms with van der Waals surface area (Å²) in [4.78, 5) is 21.8. The van der Waals surface area contributed by atoms with Gasteiger partial charge in [-0.3, -0.25) is 9.69 Å². The van der Waals surface area contributed by atoms with E-state index in [0.29, 0.717) is 18.1 Å². The van der Waals surface area contributed by atoms with Crippen molar-refractivity contribution in [1.82, 2.24) is 19.4 Å². The number of hydrogen-bond acceptors (Lipinski definition) is 3. The maximum absolute atomic E-state index is 12.3. The molecule has 0 bridgehead atoms. The zero-order chi connectivity index (χ0) is 16.4. The first kappa shape index (κ1) is 15.8. The highest BCUT2D eigenvalue weighted by molar-refractivity contribution is 6.31. The van der Waals surface area contributed by atoms with E-state index in [4.69, 9.17) is 11.6 Å². The molecular weight excluding hydrogens is 312 g/mol. The molecule has 0 radical (unpaired) electrons. The summed E-state index contributed by atoms with van der Waals surface area (Å²) in [5.41, 5.74) is 1.44. The minimum atomic E-state index is -0.0712. The van der Waals surface area contributed by atoms with Gasteiger partial charge in [0, 0.05) is 42.1 Å². The minimum absolute atomic E-state index is 0.0712. The molecule has 23 heavy (non-hydrogen) atoms. The number of fused-ring (bicyclic) bond motifs is 1. The summed E-state index contributed by atoms with van der Waals surface area (Å²) in [6, 6.07) is 7.46. The van der Waals surface area contributed by atoms with E-state index in [1.165, 1.54) is 0 Å². The van der Waals surface area contributed by atoms with Crippen molar-refractivity contribution in [3.05, 3.63) is 63.4 Å². The van der Waals surface area contributed by atoms with Crippen LogP contribution in [0.4, 0.5) is 0 Å². The van der Waals surface area contributed by atoms with Gasteiger partial charge < -0.3 is 9.55 Å². The first-order valence-electron chi connectivity index (χ1n) is 7.57. The van der Waals surface area contributed by atoms with E-state index >= 15 is 0 Å². The summed E-state index contributed by atoms with van der Waals surface area (Å²) in [5, 5.41) is 1.60. The van der Waals surface area contributed by atoms with Crippen molar-refractivity contribution in [2.75, 3.05) is 6.54 Å². The molecule has 0 aliphatic heterocycles. The number of hydrogen-bond donors (Lipinski definition) is 1. The number of nitrogens with zero attached hydrogens (tertiary/aromatic N) is 3. The highest BCUT2D eigenvalue weighted by Gasteiger charge is 2.11. The van der Waals surface area contributed by atoms with Crippen molar-refractivity contribution in [1.29, 1.82) is 0 Å². The van der Waals surface area contributed by atoms with E-state index in [1.807, 2.05) is 36.0 Å². The second kappa shape index (κ2) is 6.56. The van der Waals surface area contributed by atoms with Crippen molar-refractivity contribution in [2.45, 2.75) is 20.0 Å². The Morgan fingerprint density at radius 3 is 2.83 bits per heavy atom. The van der Waals surface area contributed by atoms with Crippen molar-refractivity contribution in [2.24, 2.45) is 7.05 Å². The molecule has 1 N–H and O–H groups in total. The van der Waals surface area contributed by atoms with Crippen LogP contribution in [0.5, 0.6) is 0 Å². The topological polar surface area (TPSA) is 53.9 Å². The quantitative estimate of drug-likeness (QED) is 0.782. The van der Waals surface area contributed by atoms with Gasteiger partial charge in [0.05, 0.1) is 6.54 Å². The van der Waals surface area contributed by atoms with Crippen molar-refractivity contribution in [3.8, 4) is 0 Å². The van der Waals surface area contributed by atoms with Gasteiger partial charge in [-0.2, -0.15) is 0 Å². The van der Waals surface area contributed by atoms with Gasteiger partial charge in [-0.25, -0.2) is 4.98 Å². The molecule has 0 saturated heterocycles. The normalized spacial score (nSPS) is 11.5. The number of rotatable bonds is 5. The average Bonchev–Trinajstić information content (AvgIpc) is 2.92. The number of imidazole rings is 1. The first-order valence-corrected chi connectivity index (χ1v) is 7.94. The summed E-state index contributed by atoms with van der Waals surface area (Å²) < 4.78 is 2.00. The lowest BCUT2D eigenvalue weighted by atomic mass is 10.1. The van der Waals surface area contributed by atoms with Gasteiger partial charge in [0.25, 0.3) is 5.56 Å². The van der Waals surface area contributed by atoms with E-state index in [0.717, 1.165) is 28.8 Å². The Morgan fingerprint density at radius 2 is 2.13 bits per heavy atom. The highest BCUT2D eigenvalue weighted by Crippen LogP contribution is 2.17. The number of halogens is 1.